The van der Waals surface area contributed by atoms with E-state index >= 15 is 0 Å². The zero-order valence-corrected chi connectivity index (χ0v) is 9.27. The maximum absolute atomic E-state index is 5.74. The summed E-state index contributed by atoms with van der Waals surface area (Å²) in [6.07, 6.45) is -0.529. The summed E-state index contributed by atoms with van der Waals surface area (Å²) in [5.74, 6) is 0. The molecular formula is C9H9Cl3O. The lowest BCUT2D eigenvalue weighted by molar-refractivity contribution is 0.107. The molecule has 1 atom stereocenters. The number of methoxy groups -OCH3 is 1. The van der Waals surface area contributed by atoms with E-state index in [1.807, 2.05) is 30.3 Å². The summed E-state index contributed by atoms with van der Waals surface area (Å²) in [6.45, 7) is 0. The lowest BCUT2D eigenvalue weighted by Gasteiger charge is -2.22. The Morgan fingerprint density at radius 2 is 1.69 bits per heavy atom. The van der Waals surface area contributed by atoms with E-state index in [2.05, 4.69) is 0 Å². The average Bonchev–Trinajstić information content (AvgIpc) is 2.05. The number of ether oxygens (including phenoxy) is 1. The highest BCUT2D eigenvalue weighted by Crippen LogP contribution is 2.41. The van der Waals surface area contributed by atoms with Crippen molar-refractivity contribution < 1.29 is 4.74 Å². The van der Waals surface area contributed by atoms with E-state index in [4.69, 9.17) is 39.5 Å². The molecule has 13 heavy (non-hydrogen) atoms. The number of benzene rings is 1. The largest absolute Gasteiger partial charge is 0.372 e. The minimum Gasteiger partial charge on any atom is -0.372 e. The number of alkyl halides is 3. The number of hydrogen-bond acceptors (Lipinski definition) is 1. The molecule has 0 N–H and O–H groups in total. The SMILES string of the molecule is COC(c1ccccc1)C(Cl)(Cl)Cl. The van der Waals surface area contributed by atoms with Gasteiger partial charge in [0.05, 0.1) is 0 Å². The maximum atomic E-state index is 5.74. The molecular weight excluding hydrogens is 230 g/mol. The fraction of sp³-hybridized carbons (Fsp3) is 0.333. The summed E-state index contributed by atoms with van der Waals surface area (Å²) in [6, 6.07) is 9.36. The van der Waals surface area contributed by atoms with Gasteiger partial charge in [-0.15, -0.1) is 0 Å². The monoisotopic (exact) mass is 238 g/mol. The molecule has 0 amide bonds. The van der Waals surface area contributed by atoms with Crippen LogP contribution in [0.3, 0.4) is 0 Å². The van der Waals surface area contributed by atoms with Crippen molar-refractivity contribution in [1.82, 2.24) is 0 Å². The van der Waals surface area contributed by atoms with Crippen molar-refractivity contribution >= 4 is 34.8 Å². The van der Waals surface area contributed by atoms with Crippen LogP contribution in [0.5, 0.6) is 0 Å². The quantitative estimate of drug-likeness (QED) is 0.714. The minimum absolute atomic E-state index is 0.529. The minimum atomic E-state index is -1.43. The molecule has 0 aliphatic carbocycles. The first-order chi connectivity index (χ1) is 6.05. The normalized spacial score (nSPS) is 14.2. The van der Waals surface area contributed by atoms with Crippen molar-refractivity contribution in [3.63, 3.8) is 0 Å². The van der Waals surface area contributed by atoms with Crippen LogP contribution in [-0.2, 0) is 4.74 Å². The van der Waals surface area contributed by atoms with E-state index in [0.29, 0.717) is 0 Å². The van der Waals surface area contributed by atoms with E-state index in [1.165, 1.54) is 7.11 Å². The Morgan fingerprint density at radius 3 is 2.08 bits per heavy atom. The van der Waals surface area contributed by atoms with Crippen molar-refractivity contribution in [1.29, 1.82) is 0 Å². The Morgan fingerprint density at radius 1 is 1.15 bits per heavy atom. The van der Waals surface area contributed by atoms with E-state index in [1.54, 1.807) is 0 Å². The van der Waals surface area contributed by atoms with Gasteiger partial charge >= 0.3 is 0 Å². The standard InChI is InChI=1S/C9H9Cl3O/c1-13-8(9(10,11)12)7-5-3-2-4-6-7/h2-6,8H,1H3. The zero-order chi connectivity index (χ0) is 9.90. The number of halogens is 3. The lowest BCUT2D eigenvalue weighted by Crippen LogP contribution is -2.18. The molecule has 4 heteroatoms. The third kappa shape index (κ3) is 3.03. The predicted octanol–water partition coefficient (Wildman–Crippen LogP) is 3.74. The Balaban J connectivity index is 2.92. The van der Waals surface area contributed by atoms with Gasteiger partial charge in [0.1, 0.15) is 6.10 Å². The molecule has 0 saturated carbocycles. The Hall–Kier alpha value is 0.0500. The van der Waals surface area contributed by atoms with Crippen molar-refractivity contribution in [3.8, 4) is 0 Å². The van der Waals surface area contributed by atoms with Crippen LogP contribution in [0.25, 0.3) is 0 Å². The zero-order valence-electron chi connectivity index (χ0n) is 7.01. The molecule has 1 aromatic rings. The van der Waals surface area contributed by atoms with E-state index < -0.39 is 9.90 Å². The third-order valence-corrected chi connectivity index (χ3v) is 2.23. The van der Waals surface area contributed by atoms with E-state index in [0.717, 1.165) is 5.56 Å². The van der Waals surface area contributed by atoms with Crippen LogP contribution in [-0.4, -0.2) is 10.9 Å². The highest BCUT2D eigenvalue weighted by atomic mass is 35.6. The third-order valence-electron chi connectivity index (χ3n) is 1.64. The van der Waals surface area contributed by atoms with Crippen LogP contribution >= 0.6 is 34.8 Å². The summed E-state index contributed by atoms with van der Waals surface area (Å²) in [4.78, 5) is 0. The number of rotatable bonds is 2. The highest BCUT2D eigenvalue weighted by Gasteiger charge is 2.33. The second-order valence-electron chi connectivity index (χ2n) is 2.57. The fourth-order valence-corrected chi connectivity index (χ4v) is 1.73. The summed E-state index contributed by atoms with van der Waals surface area (Å²) >= 11 is 17.2. The van der Waals surface area contributed by atoms with Crippen molar-refractivity contribution in [2.75, 3.05) is 7.11 Å². The molecule has 1 aromatic carbocycles. The maximum Gasteiger partial charge on any atom is 0.220 e. The summed E-state index contributed by atoms with van der Waals surface area (Å²) in [5.41, 5.74) is 0.852. The van der Waals surface area contributed by atoms with Gasteiger partial charge < -0.3 is 4.74 Å². The molecule has 0 aliphatic rings. The smallest absolute Gasteiger partial charge is 0.220 e. The molecule has 0 aliphatic heterocycles. The van der Waals surface area contributed by atoms with E-state index in [9.17, 15) is 0 Å². The molecule has 0 spiro atoms. The van der Waals surface area contributed by atoms with Crippen LogP contribution in [0.1, 0.15) is 11.7 Å². The van der Waals surface area contributed by atoms with Crippen LogP contribution in [0.15, 0.2) is 30.3 Å². The molecule has 0 bridgehead atoms. The number of hydrogen-bond donors (Lipinski definition) is 0. The molecule has 1 unspecified atom stereocenters. The summed E-state index contributed by atoms with van der Waals surface area (Å²) < 4.78 is 3.67. The molecule has 72 valence electrons. The van der Waals surface area contributed by atoms with Crippen molar-refractivity contribution in [2.45, 2.75) is 9.90 Å². The second kappa shape index (κ2) is 4.52. The molecule has 1 rings (SSSR count). The first-order valence-corrected chi connectivity index (χ1v) is 4.83. The fourth-order valence-electron chi connectivity index (χ4n) is 1.09. The van der Waals surface area contributed by atoms with Crippen LogP contribution in [0, 0.1) is 0 Å². The van der Waals surface area contributed by atoms with Gasteiger partial charge in [-0.05, 0) is 5.56 Å². The first kappa shape index (κ1) is 11.1. The Labute approximate surface area is 92.5 Å². The van der Waals surface area contributed by atoms with Gasteiger partial charge in [-0.2, -0.15) is 0 Å². The summed E-state index contributed by atoms with van der Waals surface area (Å²) in [5, 5.41) is 0. The highest BCUT2D eigenvalue weighted by molar-refractivity contribution is 6.68. The first-order valence-electron chi connectivity index (χ1n) is 3.70. The topological polar surface area (TPSA) is 9.23 Å². The summed E-state index contributed by atoms with van der Waals surface area (Å²) in [7, 11) is 1.51. The van der Waals surface area contributed by atoms with Gasteiger partial charge in [0.25, 0.3) is 0 Å². The van der Waals surface area contributed by atoms with Gasteiger partial charge in [-0.3, -0.25) is 0 Å². The van der Waals surface area contributed by atoms with Gasteiger partial charge in [0.15, 0.2) is 0 Å². The van der Waals surface area contributed by atoms with Crippen molar-refractivity contribution in [3.05, 3.63) is 35.9 Å². The second-order valence-corrected chi connectivity index (χ2v) is 4.94. The molecule has 0 saturated heterocycles. The van der Waals surface area contributed by atoms with Gasteiger partial charge in [-0.25, -0.2) is 0 Å². The van der Waals surface area contributed by atoms with Gasteiger partial charge in [0, 0.05) is 7.11 Å². The van der Waals surface area contributed by atoms with E-state index in [-0.39, 0.29) is 0 Å². The van der Waals surface area contributed by atoms with Crippen LogP contribution in [0.2, 0.25) is 0 Å². The molecule has 1 nitrogen and oxygen atoms in total. The Kier molecular flexibility index (Phi) is 3.87. The molecule has 0 aromatic heterocycles. The molecule has 0 radical (unpaired) electrons. The van der Waals surface area contributed by atoms with Crippen LogP contribution in [0.4, 0.5) is 0 Å². The average molecular weight is 240 g/mol. The molecule has 0 fully saturated rings. The van der Waals surface area contributed by atoms with Crippen LogP contribution < -0.4 is 0 Å². The lowest BCUT2D eigenvalue weighted by atomic mass is 10.1. The predicted molar refractivity (Wildman–Crippen MR) is 56.5 cm³/mol. The van der Waals surface area contributed by atoms with Gasteiger partial charge in [-0.1, -0.05) is 65.1 Å². The molecule has 0 heterocycles. The van der Waals surface area contributed by atoms with Crippen molar-refractivity contribution in [2.24, 2.45) is 0 Å². The Bertz CT molecular complexity index is 255. The van der Waals surface area contributed by atoms with Gasteiger partial charge in [0.2, 0.25) is 3.79 Å².